The van der Waals surface area contributed by atoms with E-state index in [1.807, 2.05) is 13.8 Å². The highest BCUT2D eigenvalue weighted by atomic mass is 16.4. The van der Waals surface area contributed by atoms with Crippen LogP contribution in [0.5, 0.6) is 0 Å². The van der Waals surface area contributed by atoms with Crippen molar-refractivity contribution in [2.75, 3.05) is 0 Å². The lowest BCUT2D eigenvalue weighted by Crippen LogP contribution is -2.53. The van der Waals surface area contributed by atoms with Gasteiger partial charge in [-0.3, -0.25) is 4.79 Å². The highest BCUT2D eigenvalue weighted by Crippen LogP contribution is 2.66. The smallest absolute Gasteiger partial charge is 0.313 e. The van der Waals surface area contributed by atoms with Gasteiger partial charge in [-0.2, -0.15) is 0 Å². The fourth-order valence-electron chi connectivity index (χ4n) is 7.50. The summed E-state index contributed by atoms with van der Waals surface area (Å²) in [7, 11) is 0. The molecule has 7 unspecified atom stereocenters. The molecule has 3 saturated carbocycles. The molecule has 0 radical (unpaired) electrons. The van der Waals surface area contributed by atoms with Crippen LogP contribution in [0.2, 0.25) is 0 Å². The van der Waals surface area contributed by atoms with E-state index in [4.69, 9.17) is 0 Å². The molecule has 3 nitrogen and oxygen atoms in total. The summed E-state index contributed by atoms with van der Waals surface area (Å²) < 4.78 is 0. The van der Waals surface area contributed by atoms with Crippen molar-refractivity contribution in [1.29, 1.82) is 0 Å². The van der Waals surface area contributed by atoms with Crippen molar-refractivity contribution in [2.45, 2.75) is 85.2 Å². The maximum atomic E-state index is 11.7. The number of allylic oxidation sites excluding steroid dienone is 1. The number of rotatable bonds is 2. The Morgan fingerprint density at radius 1 is 1.08 bits per heavy atom. The molecule has 7 atom stereocenters. The molecule has 0 bridgehead atoms. The van der Waals surface area contributed by atoms with Gasteiger partial charge in [-0.05, 0) is 99.7 Å². The monoisotopic (exact) mass is 360 g/mol. The van der Waals surface area contributed by atoms with Crippen molar-refractivity contribution in [3.05, 3.63) is 11.6 Å². The summed E-state index contributed by atoms with van der Waals surface area (Å²) in [5.41, 5.74) is 0.864. The number of aliphatic hydroxyl groups excluding tert-OH is 1. The third kappa shape index (κ3) is 2.38. The number of aliphatic hydroxyl groups is 1. The van der Waals surface area contributed by atoms with Gasteiger partial charge in [-0.25, -0.2) is 0 Å². The number of fused-ring (bicyclic) bond motifs is 5. The first kappa shape index (κ1) is 18.5. The Kier molecular flexibility index (Phi) is 4.16. The highest BCUT2D eigenvalue weighted by Gasteiger charge is 2.59. The molecule has 146 valence electrons. The summed E-state index contributed by atoms with van der Waals surface area (Å²) in [5.74, 6) is 2.12. The number of hydrogen-bond donors (Lipinski definition) is 2. The van der Waals surface area contributed by atoms with Gasteiger partial charge < -0.3 is 10.2 Å². The van der Waals surface area contributed by atoms with Gasteiger partial charge in [0, 0.05) is 0 Å². The fourth-order valence-corrected chi connectivity index (χ4v) is 7.50. The van der Waals surface area contributed by atoms with Gasteiger partial charge in [0.2, 0.25) is 0 Å². The zero-order valence-corrected chi connectivity index (χ0v) is 16.9. The minimum absolute atomic E-state index is 0.104. The maximum absolute atomic E-state index is 11.7. The molecule has 3 heteroatoms. The average molecular weight is 361 g/mol. The largest absolute Gasteiger partial charge is 0.481 e. The SMILES string of the molecule is CC(C)(C(=O)O)C1=CCC2(C)C(CCC3C4CCC(O)C4(C)CCC32)C1. The Bertz CT molecular complexity index is 635. The number of carboxylic acid groups (broad SMARTS) is 1. The van der Waals surface area contributed by atoms with Gasteiger partial charge >= 0.3 is 5.97 Å². The predicted molar refractivity (Wildman–Crippen MR) is 103 cm³/mol. The number of carboxylic acids is 1. The van der Waals surface area contributed by atoms with Crippen LogP contribution in [0.25, 0.3) is 0 Å². The molecular weight excluding hydrogens is 324 g/mol. The van der Waals surface area contributed by atoms with Crippen molar-refractivity contribution >= 4 is 5.97 Å². The normalized spacial score (nSPS) is 48.2. The first-order chi connectivity index (χ1) is 12.1. The van der Waals surface area contributed by atoms with Gasteiger partial charge in [0.1, 0.15) is 0 Å². The molecule has 0 aliphatic heterocycles. The zero-order chi connectivity index (χ0) is 18.9. The van der Waals surface area contributed by atoms with Crippen LogP contribution in [0.4, 0.5) is 0 Å². The summed E-state index contributed by atoms with van der Waals surface area (Å²) in [6, 6.07) is 0. The highest BCUT2D eigenvalue weighted by molar-refractivity contribution is 5.77. The van der Waals surface area contributed by atoms with Crippen molar-refractivity contribution < 1.29 is 15.0 Å². The number of hydrogen-bond acceptors (Lipinski definition) is 2. The second-order valence-corrected chi connectivity index (χ2v) is 10.9. The molecule has 26 heavy (non-hydrogen) atoms. The fraction of sp³-hybridized carbons (Fsp3) is 0.870. The first-order valence-electron chi connectivity index (χ1n) is 10.7. The third-order valence-electron chi connectivity index (χ3n) is 9.61. The van der Waals surface area contributed by atoms with E-state index >= 15 is 0 Å². The van der Waals surface area contributed by atoms with E-state index in [9.17, 15) is 15.0 Å². The molecular formula is C23H36O3. The first-order valence-corrected chi connectivity index (χ1v) is 10.7. The Labute approximate surface area is 158 Å². The van der Waals surface area contributed by atoms with Crippen molar-refractivity contribution in [3.8, 4) is 0 Å². The molecule has 4 aliphatic rings. The minimum atomic E-state index is -0.737. The van der Waals surface area contributed by atoms with Crippen molar-refractivity contribution in [1.82, 2.24) is 0 Å². The predicted octanol–water partition coefficient (Wildman–Crippen LogP) is 5.04. The molecule has 0 saturated heterocycles. The van der Waals surface area contributed by atoms with E-state index in [2.05, 4.69) is 19.9 Å². The quantitative estimate of drug-likeness (QED) is 0.679. The number of carbonyl (C=O) groups is 1. The van der Waals surface area contributed by atoms with Crippen molar-refractivity contribution in [3.63, 3.8) is 0 Å². The third-order valence-corrected chi connectivity index (χ3v) is 9.61. The molecule has 0 spiro atoms. The van der Waals surface area contributed by atoms with E-state index < -0.39 is 11.4 Å². The van der Waals surface area contributed by atoms with Crippen LogP contribution in [0.15, 0.2) is 11.6 Å². The van der Waals surface area contributed by atoms with E-state index in [1.165, 1.54) is 32.1 Å². The van der Waals surface area contributed by atoms with E-state index in [0.717, 1.165) is 36.7 Å². The van der Waals surface area contributed by atoms with Crippen LogP contribution in [0.3, 0.4) is 0 Å². The van der Waals surface area contributed by atoms with Crippen LogP contribution in [-0.2, 0) is 4.79 Å². The zero-order valence-electron chi connectivity index (χ0n) is 16.9. The van der Waals surface area contributed by atoms with E-state index in [0.29, 0.717) is 17.3 Å². The lowest BCUT2D eigenvalue weighted by atomic mass is 9.45. The Morgan fingerprint density at radius 3 is 2.46 bits per heavy atom. The molecule has 0 aromatic rings. The van der Waals surface area contributed by atoms with E-state index in [-0.39, 0.29) is 11.5 Å². The number of aliphatic carboxylic acids is 1. The van der Waals surface area contributed by atoms with Gasteiger partial charge in [-0.1, -0.05) is 25.5 Å². The molecule has 0 amide bonds. The molecule has 0 aromatic heterocycles. The summed E-state index contributed by atoms with van der Waals surface area (Å²) in [4.78, 5) is 11.7. The van der Waals surface area contributed by atoms with Gasteiger partial charge in [-0.15, -0.1) is 0 Å². The lowest BCUT2D eigenvalue weighted by Gasteiger charge is -2.60. The molecule has 0 heterocycles. The second-order valence-electron chi connectivity index (χ2n) is 10.9. The van der Waals surface area contributed by atoms with Crippen LogP contribution in [0, 0.1) is 39.9 Å². The average Bonchev–Trinajstić information content (AvgIpc) is 2.89. The molecule has 0 aromatic carbocycles. The standard InChI is InChI=1S/C23H36O3/c1-21(2,20(25)26)14-9-11-22(3)15(13-14)5-6-16-17-7-8-19(24)23(17,4)12-10-18(16)22/h9,15-19,24H,5-8,10-13H2,1-4H3,(H,25,26). The van der Waals surface area contributed by atoms with Crippen LogP contribution in [-0.4, -0.2) is 22.3 Å². The maximum Gasteiger partial charge on any atom is 0.313 e. The second kappa shape index (κ2) is 5.83. The van der Waals surface area contributed by atoms with Crippen molar-refractivity contribution in [2.24, 2.45) is 39.9 Å². The Balaban J connectivity index is 1.61. The summed E-state index contributed by atoms with van der Waals surface area (Å²) in [6.07, 6.45) is 11.3. The summed E-state index contributed by atoms with van der Waals surface area (Å²) >= 11 is 0. The Hall–Kier alpha value is -0.830. The molecule has 4 rings (SSSR count). The van der Waals surface area contributed by atoms with Crippen LogP contribution < -0.4 is 0 Å². The molecule has 3 fully saturated rings. The summed E-state index contributed by atoms with van der Waals surface area (Å²) in [5, 5.41) is 20.2. The summed E-state index contributed by atoms with van der Waals surface area (Å²) in [6.45, 7) is 8.56. The Morgan fingerprint density at radius 2 is 1.77 bits per heavy atom. The van der Waals surface area contributed by atoms with Gasteiger partial charge in [0.15, 0.2) is 0 Å². The molecule has 2 N–H and O–H groups in total. The van der Waals surface area contributed by atoms with Gasteiger partial charge in [0.05, 0.1) is 11.5 Å². The van der Waals surface area contributed by atoms with Crippen LogP contribution >= 0.6 is 0 Å². The van der Waals surface area contributed by atoms with Gasteiger partial charge in [0.25, 0.3) is 0 Å². The van der Waals surface area contributed by atoms with E-state index in [1.54, 1.807) is 0 Å². The molecule has 4 aliphatic carbocycles. The minimum Gasteiger partial charge on any atom is -0.481 e. The van der Waals surface area contributed by atoms with Crippen LogP contribution in [0.1, 0.15) is 79.1 Å². The lowest BCUT2D eigenvalue weighted by molar-refractivity contribution is -0.145. The topological polar surface area (TPSA) is 57.5 Å².